The third kappa shape index (κ3) is 21.0. The zero-order valence-corrected chi connectivity index (χ0v) is 30.9. The number of aliphatic hydroxyl groups excluding tert-OH is 5. The molecule has 1 rings (SSSR count). The first-order chi connectivity index (χ1) is 23.9. The van der Waals surface area contributed by atoms with Crippen molar-refractivity contribution in [2.45, 2.75) is 172 Å². The molecule has 0 aromatic rings. The van der Waals surface area contributed by atoms with Crippen molar-refractivity contribution in [3.8, 4) is 0 Å². The molecule has 0 spiro atoms. The number of hydrogen-bond donors (Lipinski definition) is 7. The summed E-state index contributed by atoms with van der Waals surface area (Å²) < 4.78 is 47.1. The lowest BCUT2D eigenvalue weighted by molar-refractivity contribution is -0.298. The molecule has 1 heterocycles. The van der Waals surface area contributed by atoms with Crippen LogP contribution in [0.3, 0.4) is 0 Å². The van der Waals surface area contributed by atoms with E-state index >= 15 is 0 Å². The number of ether oxygens (including phenoxy) is 2. The summed E-state index contributed by atoms with van der Waals surface area (Å²) in [6.07, 6.45) is 17.0. The van der Waals surface area contributed by atoms with Crippen molar-refractivity contribution in [2.75, 3.05) is 13.2 Å². The maximum absolute atomic E-state index is 12.9. The van der Waals surface area contributed by atoms with Gasteiger partial charge < -0.3 is 40.3 Å². The van der Waals surface area contributed by atoms with Gasteiger partial charge in [0.2, 0.25) is 5.91 Å². The highest BCUT2D eigenvalue weighted by atomic mass is 32.3. The fraction of sp³-hybridized carbons (Fsp3) is 0.806. The lowest BCUT2D eigenvalue weighted by atomic mass is 9.99. The monoisotopic (exact) mass is 735 g/mol. The molecular weight excluding hydrogens is 670 g/mol. The Morgan fingerprint density at radius 1 is 0.800 bits per heavy atom. The van der Waals surface area contributed by atoms with Crippen molar-refractivity contribution >= 4 is 16.3 Å². The summed E-state index contributed by atoms with van der Waals surface area (Å²) in [5, 5.41) is 54.6. The van der Waals surface area contributed by atoms with Crippen LogP contribution in [0.2, 0.25) is 0 Å². The normalized spacial score (nSPS) is 23.6. The Morgan fingerprint density at radius 2 is 1.36 bits per heavy atom. The highest BCUT2D eigenvalue weighted by Gasteiger charge is 2.48. The predicted octanol–water partition coefficient (Wildman–Crippen LogP) is 4.18. The highest BCUT2D eigenvalue weighted by molar-refractivity contribution is 7.80. The van der Waals surface area contributed by atoms with E-state index < -0.39 is 78.5 Å². The van der Waals surface area contributed by atoms with Gasteiger partial charge in [0.25, 0.3) is 0 Å². The highest BCUT2D eigenvalue weighted by Crippen LogP contribution is 2.26. The molecule has 0 saturated carbocycles. The van der Waals surface area contributed by atoms with Crippen LogP contribution >= 0.6 is 0 Å². The topological polar surface area (TPSA) is 212 Å². The number of unbranched alkanes of at least 4 members (excludes halogenated alkanes) is 12. The second kappa shape index (κ2) is 27.9. The molecule has 1 fully saturated rings. The number of allylic oxidation sites excluding steroid dienone is 5. The average molecular weight is 736 g/mol. The fourth-order valence-electron chi connectivity index (χ4n) is 5.45. The SMILES string of the molecule is CCCC/C=C\CCCCCC(O)C(=O)NC(COC1OC(CO)C(O)C(OS(=O)(=O)O)C1O)C(O)/C=C/CC/C=C/CCCCCCCC. The zero-order valence-electron chi connectivity index (χ0n) is 30.1. The smallest absolute Gasteiger partial charge is 0.394 e. The van der Waals surface area contributed by atoms with Gasteiger partial charge in [-0.2, -0.15) is 8.42 Å². The summed E-state index contributed by atoms with van der Waals surface area (Å²) in [5.74, 6) is -0.732. The maximum Gasteiger partial charge on any atom is 0.397 e. The first-order valence-electron chi connectivity index (χ1n) is 18.5. The van der Waals surface area contributed by atoms with Gasteiger partial charge >= 0.3 is 10.4 Å². The van der Waals surface area contributed by atoms with E-state index in [1.165, 1.54) is 38.2 Å². The van der Waals surface area contributed by atoms with E-state index in [1.807, 2.05) is 0 Å². The molecule has 0 bridgehead atoms. The molecule has 292 valence electrons. The number of hydrogen-bond acceptors (Lipinski definition) is 11. The predicted molar refractivity (Wildman–Crippen MR) is 191 cm³/mol. The van der Waals surface area contributed by atoms with Crippen LogP contribution in [0.4, 0.5) is 0 Å². The van der Waals surface area contributed by atoms with Gasteiger partial charge in [0.05, 0.1) is 25.4 Å². The van der Waals surface area contributed by atoms with Gasteiger partial charge in [-0.1, -0.05) is 108 Å². The molecule has 1 saturated heterocycles. The lowest BCUT2D eigenvalue weighted by Gasteiger charge is -2.41. The van der Waals surface area contributed by atoms with Crippen LogP contribution in [0.5, 0.6) is 0 Å². The Kier molecular flexibility index (Phi) is 25.8. The lowest BCUT2D eigenvalue weighted by Crippen LogP contribution is -2.61. The van der Waals surface area contributed by atoms with E-state index in [2.05, 4.69) is 47.7 Å². The number of aliphatic hydroxyl groups is 5. The Morgan fingerprint density at radius 3 is 1.98 bits per heavy atom. The van der Waals surface area contributed by atoms with Crippen LogP contribution in [0.25, 0.3) is 0 Å². The molecule has 1 aliphatic heterocycles. The quantitative estimate of drug-likeness (QED) is 0.0328. The molecule has 7 N–H and O–H groups in total. The Balaban J connectivity index is 2.80. The first kappa shape index (κ1) is 46.3. The van der Waals surface area contributed by atoms with Crippen molar-refractivity contribution < 1.29 is 57.0 Å². The number of carbonyl (C=O) groups is 1. The molecule has 0 radical (unpaired) electrons. The number of rotatable bonds is 29. The Hall–Kier alpha value is -1.72. The third-order valence-electron chi connectivity index (χ3n) is 8.50. The number of nitrogens with one attached hydrogen (secondary N) is 1. The van der Waals surface area contributed by atoms with Crippen LogP contribution in [0.15, 0.2) is 36.5 Å². The summed E-state index contributed by atoms with van der Waals surface area (Å²) in [6, 6.07) is -1.14. The van der Waals surface area contributed by atoms with Crippen LogP contribution in [0, 0.1) is 0 Å². The molecular formula is C36H65NO12S. The van der Waals surface area contributed by atoms with Crippen LogP contribution in [-0.4, -0.2) is 107 Å². The molecule has 8 atom stereocenters. The van der Waals surface area contributed by atoms with Crippen LogP contribution in [0.1, 0.15) is 123 Å². The molecule has 50 heavy (non-hydrogen) atoms. The summed E-state index contributed by atoms with van der Waals surface area (Å²) >= 11 is 0. The fourth-order valence-corrected chi connectivity index (χ4v) is 5.96. The number of carbonyl (C=O) groups excluding carboxylic acids is 1. The average Bonchev–Trinajstić information content (AvgIpc) is 3.08. The van der Waals surface area contributed by atoms with E-state index in [4.69, 9.17) is 14.0 Å². The van der Waals surface area contributed by atoms with Gasteiger partial charge in [-0.05, 0) is 51.4 Å². The van der Waals surface area contributed by atoms with Crippen molar-refractivity contribution in [3.05, 3.63) is 36.5 Å². The zero-order chi connectivity index (χ0) is 37.2. The minimum atomic E-state index is -5.11. The third-order valence-corrected chi connectivity index (χ3v) is 8.97. The largest absolute Gasteiger partial charge is 0.397 e. The van der Waals surface area contributed by atoms with Gasteiger partial charge in [0, 0.05) is 0 Å². The molecule has 1 aliphatic rings. The van der Waals surface area contributed by atoms with E-state index in [1.54, 1.807) is 6.08 Å². The molecule has 13 nitrogen and oxygen atoms in total. The van der Waals surface area contributed by atoms with Gasteiger partial charge in [0.1, 0.15) is 30.5 Å². The summed E-state index contributed by atoms with van der Waals surface area (Å²) in [7, 11) is -5.11. The van der Waals surface area contributed by atoms with E-state index in [0.29, 0.717) is 12.8 Å². The minimum Gasteiger partial charge on any atom is -0.394 e. The Bertz CT molecular complexity index is 1070. The maximum atomic E-state index is 12.9. The first-order valence-corrected chi connectivity index (χ1v) is 19.8. The molecule has 0 aromatic heterocycles. The van der Waals surface area contributed by atoms with Crippen molar-refractivity contribution in [2.24, 2.45) is 0 Å². The van der Waals surface area contributed by atoms with Gasteiger partial charge in [-0.3, -0.25) is 9.35 Å². The van der Waals surface area contributed by atoms with Crippen LogP contribution in [-0.2, 0) is 28.9 Å². The molecule has 0 aliphatic carbocycles. The van der Waals surface area contributed by atoms with E-state index in [0.717, 1.165) is 57.8 Å². The molecule has 1 amide bonds. The summed E-state index contributed by atoms with van der Waals surface area (Å²) in [5.41, 5.74) is 0. The minimum absolute atomic E-state index is 0.213. The number of amides is 1. The van der Waals surface area contributed by atoms with Crippen molar-refractivity contribution in [3.63, 3.8) is 0 Å². The van der Waals surface area contributed by atoms with E-state index in [9.17, 15) is 38.7 Å². The van der Waals surface area contributed by atoms with Gasteiger partial charge in [-0.15, -0.1) is 0 Å². The van der Waals surface area contributed by atoms with Gasteiger partial charge in [-0.25, -0.2) is 4.18 Å². The van der Waals surface area contributed by atoms with Crippen LogP contribution < -0.4 is 5.32 Å². The van der Waals surface area contributed by atoms with Crippen molar-refractivity contribution in [1.29, 1.82) is 0 Å². The van der Waals surface area contributed by atoms with E-state index in [-0.39, 0.29) is 6.42 Å². The molecule has 0 aromatic carbocycles. The second-order valence-corrected chi connectivity index (χ2v) is 14.0. The second-order valence-electron chi connectivity index (χ2n) is 12.9. The van der Waals surface area contributed by atoms with Crippen molar-refractivity contribution in [1.82, 2.24) is 5.32 Å². The summed E-state index contributed by atoms with van der Waals surface area (Å²) in [4.78, 5) is 12.9. The van der Waals surface area contributed by atoms with Gasteiger partial charge in [0.15, 0.2) is 6.29 Å². The summed E-state index contributed by atoms with van der Waals surface area (Å²) in [6.45, 7) is 3.06. The Labute approximate surface area is 299 Å². The molecule has 14 heteroatoms. The standard InChI is InChI=1S/C36H65NO12S/c1-3-5-7-9-11-13-14-15-17-18-20-22-24-29(39)28(37-35(43)30(40)25-23-21-19-16-12-10-8-6-4-2)27-47-36-33(42)34(49-50(44,45)46)32(41)31(26-38)48-36/h10,12,15,17,22,24,28-34,36,38-42H,3-9,11,13-14,16,18-21,23,25-27H2,1-2H3,(H,37,43)(H,44,45,46)/b12-10-,17-15+,24-22+. The molecule has 8 unspecified atom stereocenters.